The Balaban J connectivity index is 1.56. The number of rotatable bonds is 8. The van der Waals surface area contributed by atoms with E-state index >= 15 is 0 Å². The molecule has 3 heterocycles. The fraction of sp³-hybridized carbons (Fsp3) is 0.513. The molecule has 2 aromatic carbocycles. The summed E-state index contributed by atoms with van der Waals surface area (Å²) in [6.07, 6.45) is -3.94. The van der Waals surface area contributed by atoms with Crippen LogP contribution in [-0.4, -0.2) is 135 Å². The zero-order valence-electron chi connectivity index (χ0n) is 34.3. The van der Waals surface area contributed by atoms with Crippen LogP contribution in [0, 0.1) is 24.5 Å². The van der Waals surface area contributed by atoms with Gasteiger partial charge in [0.25, 0.3) is 0 Å². The number of cyclic esters (lactones) is 1. The largest absolute Gasteiger partial charge is 0.469 e. The molecule has 3 aliphatic rings. The van der Waals surface area contributed by atoms with E-state index in [1.807, 2.05) is 6.92 Å². The van der Waals surface area contributed by atoms with E-state index in [2.05, 4.69) is 21.3 Å². The molecule has 3 fully saturated rings. The molecule has 3 aliphatic heterocycles. The number of fused-ring (bicyclic) bond motifs is 2. The van der Waals surface area contributed by atoms with Gasteiger partial charge in [-0.25, -0.2) is 22.9 Å². The van der Waals surface area contributed by atoms with E-state index < -0.39 is 116 Å². The van der Waals surface area contributed by atoms with Crippen molar-refractivity contribution in [2.24, 2.45) is 5.92 Å². The molecule has 6 N–H and O–H groups in total. The number of halogens is 2. The number of amides is 7. The third-order valence-corrected chi connectivity index (χ3v) is 11.4. The van der Waals surface area contributed by atoms with Gasteiger partial charge in [-0.3, -0.25) is 28.5 Å². The summed E-state index contributed by atoms with van der Waals surface area (Å²) in [7, 11) is -4.11. The van der Waals surface area contributed by atoms with Gasteiger partial charge in [-0.05, 0) is 76.3 Å². The summed E-state index contributed by atoms with van der Waals surface area (Å²) in [5.74, 6) is -7.84. The third kappa shape index (κ3) is 11.5. The van der Waals surface area contributed by atoms with E-state index in [9.17, 15) is 56.7 Å². The first kappa shape index (κ1) is 46.6. The Hall–Kier alpha value is -5.50. The summed E-state index contributed by atoms with van der Waals surface area (Å²) in [4.78, 5) is 120. The minimum absolute atomic E-state index is 0.0738. The molecule has 0 radical (unpaired) electrons. The van der Waals surface area contributed by atoms with Crippen LogP contribution >= 0.6 is 7.82 Å². The fourth-order valence-electron chi connectivity index (χ4n) is 7.60. The van der Waals surface area contributed by atoms with Gasteiger partial charge in [-0.2, -0.15) is 0 Å². The lowest BCUT2D eigenvalue weighted by molar-refractivity contribution is -0.163. The van der Waals surface area contributed by atoms with Crippen LogP contribution < -0.4 is 21.3 Å². The molecule has 332 valence electrons. The fourth-order valence-corrected chi connectivity index (χ4v) is 8.17. The molecule has 0 aliphatic carbocycles. The molecule has 3 saturated heterocycles. The van der Waals surface area contributed by atoms with Crippen molar-refractivity contribution < 1.29 is 66.0 Å². The Labute approximate surface area is 350 Å². The third-order valence-electron chi connectivity index (χ3n) is 10.9. The molecule has 1 unspecified atom stereocenters. The molecule has 0 saturated carbocycles. The number of anilines is 1. The number of nitrogens with one attached hydrogen (secondary N) is 4. The lowest BCUT2D eigenvalue weighted by atomic mass is 10.0. The molecule has 9 atom stereocenters. The maximum atomic E-state index is 14.8. The van der Waals surface area contributed by atoms with E-state index in [-0.39, 0.29) is 37.4 Å². The van der Waals surface area contributed by atoms with E-state index in [0.717, 1.165) is 27.5 Å². The molecular formula is C39H50F2N7O12P. The Kier molecular flexibility index (Phi) is 14.5. The van der Waals surface area contributed by atoms with Gasteiger partial charge in [-0.1, -0.05) is 24.6 Å². The summed E-state index contributed by atoms with van der Waals surface area (Å²) in [6, 6.07) is -0.955. The van der Waals surface area contributed by atoms with E-state index in [0.29, 0.717) is 11.8 Å². The summed E-state index contributed by atoms with van der Waals surface area (Å²) in [5, 5.41) is 10.0. The topological polar surface area (TPSA) is 253 Å². The normalized spacial score (nSPS) is 27.2. The number of hydrogen-bond acceptors (Lipinski definition) is 10. The number of esters is 1. The molecule has 0 bridgehead atoms. The number of nitrogens with zero attached hydrogens (tertiary/aromatic N) is 3. The zero-order chi connectivity index (χ0) is 45.1. The van der Waals surface area contributed by atoms with Crippen LogP contribution in [0.4, 0.5) is 19.3 Å². The summed E-state index contributed by atoms with van der Waals surface area (Å²) < 4.78 is 51.5. The molecule has 22 heteroatoms. The highest BCUT2D eigenvalue weighted by molar-refractivity contribution is 7.46. The number of hydrogen-bond donors (Lipinski definition) is 6. The molecule has 2 aromatic rings. The first-order valence-corrected chi connectivity index (χ1v) is 21.1. The molecule has 7 amide bonds. The molecular weight excluding hydrogens is 827 g/mol. The number of phosphoric acid groups is 1. The van der Waals surface area contributed by atoms with Crippen LogP contribution in [0.1, 0.15) is 51.7 Å². The summed E-state index contributed by atoms with van der Waals surface area (Å²) in [6.45, 7) is 7.29. The van der Waals surface area contributed by atoms with Gasteiger partial charge in [0.15, 0.2) is 0 Å². The second-order valence-electron chi connectivity index (χ2n) is 15.7. The first-order chi connectivity index (χ1) is 28.5. The predicted octanol–water partition coefficient (Wildman–Crippen LogP) is 1.10. The Bertz CT molecular complexity index is 2070. The predicted molar refractivity (Wildman–Crippen MR) is 211 cm³/mol. The van der Waals surface area contributed by atoms with Crippen molar-refractivity contribution in [3.63, 3.8) is 0 Å². The van der Waals surface area contributed by atoms with Crippen molar-refractivity contribution in [1.82, 2.24) is 30.7 Å². The smallest absolute Gasteiger partial charge is 0.458 e. The van der Waals surface area contributed by atoms with Crippen molar-refractivity contribution in [3.8, 4) is 0 Å². The maximum absolute atomic E-state index is 14.8. The summed E-state index contributed by atoms with van der Waals surface area (Å²) in [5.41, 5.74) is 1.13. The van der Waals surface area contributed by atoms with E-state index in [1.165, 1.54) is 32.7 Å². The van der Waals surface area contributed by atoms with Crippen molar-refractivity contribution in [3.05, 3.63) is 65.2 Å². The monoisotopic (exact) mass is 877 g/mol. The number of likely N-dealkylation sites (N-methyl/N-ethyl adjacent to an activating group) is 1. The molecule has 0 spiro atoms. The number of ether oxygens (including phenoxy) is 1. The highest BCUT2D eigenvalue weighted by Crippen LogP contribution is 2.42. The minimum Gasteiger partial charge on any atom is -0.458 e. The highest BCUT2D eigenvalue weighted by atomic mass is 31.2. The Morgan fingerprint density at radius 3 is 2.23 bits per heavy atom. The lowest BCUT2D eigenvalue weighted by Crippen LogP contribution is -2.63. The Morgan fingerprint density at radius 2 is 1.61 bits per heavy atom. The molecule has 61 heavy (non-hydrogen) atoms. The van der Waals surface area contributed by atoms with Crippen molar-refractivity contribution in [2.75, 3.05) is 25.5 Å². The van der Waals surface area contributed by atoms with Gasteiger partial charge in [0.2, 0.25) is 29.5 Å². The number of urea groups is 1. The quantitative estimate of drug-likeness (QED) is 0.161. The van der Waals surface area contributed by atoms with Gasteiger partial charge >= 0.3 is 19.8 Å². The van der Waals surface area contributed by atoms with Gasteiger partial charge in [0, 0.05) is 38.3 Å². The Morgan fingerprint density at radius 1 is 0.967 bits per heavy atom. The van der Waals surface area contributed by atoms with Crippen LogP contribution in [0.15, 0.2) is 42.5 Å². The minimum atomic E-state index is -5.31. The number of phosphoric ester groups is 1. The molecule has 5 rings (SSSR count). The van der Waals surface area contributed by atoms with Crippen molar-refractivity contribution in [2.45, 2.75) is 102 Å². The van der Waals surface area contributed by atoms with Crippen LogP contribution in [-0.2, 0) is 49.0 Å². The SMILES string of the molecule is Cc1ccc(NC(=O)N[C@@H](Cc2cc(F)cc(F)c2)C(=O)N[C@@H]2C(=O)N3CCC(OP(=O)(O)O)[C@H]3C(=O)N(C)[C@@H](C)C(=O)N[C@@H](C)C(=O)N3C[C@@H](C)C[C@H]3C(=O)O[C@H]2C)cc1. The van der Waals surface area contributed by atoms with Crippen LogP contribution in [0.2, 0.25) is 0 Å². The lowest BCUT2D eigenvalue weighted by Gasteiger charge is -2.37. The second kappa shape index (κ2) is 19.0. The standard InChI is InChI=1S/C39H50F2N7O12P/c1-19-7-9-27(10-8-19)43-39(55)44-28(16-24-14-25(40)17-26(41)15-24)34(50)45-31-23(5)59-38(54)29-13-20(2)18-48(29)35(51)21(3)42-33(49)22(4)46(6)37(53)32-30(60-61(56,57)58)11-12-47(32)36(31)52/h7-10,14-15,17,20-23,28-32H,11-13,16,18H2,1-6H3,(H,42,49)(H,45,50)(H2,43,44,55)(H2,56,57,58)/t20-,21-,22-,23-,28-,29-,30?,31-,32-/m0/s1. The summed E-state index contributed by atoms with van der Waals surface area (Å²) >= 11 is 0. The van der Waals surface area contributed by atoms with Crippen molar-refractivity contribution >= 4 is 55.0 Å². The zero-order valence-corrected chi connectivity index (χ0v) is 35.2. The van der Waals surface area contributed by atoms with Gasteiger partial charge < -0.3 is 50.5 Å². The number of benzene rings is 2. The van der Waals surface area contributed by atoms with Gasteiger partial charge in [-0.15, -0.1) is 0 Å². The first-order valence-electron chi connectivity index (χ1n) is 19.5. The molecule has 0 aromatic heterocycles. The van der Waals surface area contributed by atoms with Crippen LogP contribution in [0.25, 0.3) is 0 Å². The maximum Gasteiger partial charge on any atom is 0.469 e. The van der Waals surface area contributed by atoms with Gasteiger partial charge in [0.05, 0.1) is 0 Å². The van der Waals surface area contributed by atoms with E-state index in [4.69, 9.17) is 9.26 Å². The highest BCUT2D eigenvalue weighted by Gasteiger charge is 2.51. The van der Waals surface area contributed by atoms with Crippen LogP contribution in [0.5, 0.6) is 0 Å². The number of carbonyl (C=O) groups excluding carboxylic acids is 7. The van der Waals surface area contributed by atoms with Crippen LogP contribution in [0.3, 0.4) is 0 Å². The number of aryl methyl sites for hydroxylation is 1. The van der Waals surface area contributed by atoms with Crippen molar-refractivity contribution in [1.29, 1.82) is 0 Å². The van der Waals surface area contributed by atoms with E-state index in [1.54, 1.807) is 31.2 Å². The average Bonchev–Trinajstić information content (AvgIpc) is 3.77. The molecule has 19 nitrogen and oxygen atoms in total. The van der Waals surface area contributed by atoms with Gasteiger partial charge in [0.1, 0.15) is 60.1 Å². The average molecular weight is 878 g/mol. The number of carbonyl (C=O) groups is 7. The second-order valence-corrected chi connectivity index (χ2v) is 16.9.